The Balaban J connectivity index is 1.46. The van der Waals surface area contributed by atoms with E-state index >= 15 is 0 Å². The van der Waals surface area contributed by atoms with Crippen molar-refractivity contribution in [3.05, 3.63) is 68.6 Å². The van der Waals surface area contributed by atoms with Gasteiger partial charge >= 0.3 is 0 Å². The Morgan fingerprint density at radius 1 is 1.17 bits per heavy atom. The van der Waals surface area contributed by atoms with Crippen LogP contribution in [-0.4, -0.2) is 28.6 Å². The van der Waals surface area contributed by atoms with E-state index in [1.807, 2.05) is 31.2 Å². The van der Waals surface area contributed by atoms with Crippen molar-refractivity contribution in [3.8, 4) is 0 Å². The second-order valence-corrected chi connectivity index (χ2v) is 8.54. The van der Waals surface area contributed by atoms with Crippen molar-refractivity contribution in [1.29, 1.82) is 0 Å². The van der Waals surface area contributed by atoms with Crippen LogP contribution in [0.1, 0.15) is 33.3 Å². The highest BCUT2D eigenvalue weighted by Crippen LogP contribution is 2.35. The number of aromatic nitrogens is 2. The summed E-state index contributed by atoms with van der Waals surface area (Å²) in [5.41, 5.74) is 2.34. The topological polar surface area (TPSA) is 75.2 Å². The number of hydrogen-bond acceptors (Lipinski definition) is 5. The van der Waals surface area contributed by atoms with Crippen LogP contribution < -0.4 is 10.2 Å². The minimum atomic E-state index is -0.352. The number of carbonyl (C=O) groups excluding carboxylic acids is 2. The number of amides is 2. The van der Waals surface area contributed by atoms with Gasteiger partial charge in [-0.2, -0.15) is 0 Å². The van der Waals surface area contributed by atoms with Gasteiger partial charge in [-0.3, -0.25) is 14.9 Å². The second kappa shape index (κ2) is 8.10. The minimum Gasteiger partial charge on any atom is -0.311 e. The maximum absolute atomic E-state index is 12.5. The molecule has 1 aromatic heterocycles. The first kappa shape index (κ1) is 19.8. The van der Waals surface area contributed by atoms with Crippen LogP contribution in [0.25, 0.3) is 0 Å². The fourth-order valence-electron chi connectivity index (χ4n) is 3.23. The Kier molecular flexibility index (Phi) is 5.54. The number of para-hydroxylation sites is 1. The molecule has 1 N–H and O–H groups in total. The molecule has 1 atom stereocenters. The Bertz CT molecular complexity index is 1100. The second-order valence-electron chi connectivity index (χ2n) is 6.72. The summed E-state index contributed by atoms with van der Waals surface area (Å²) in [6.07, 6.45) is 0.365. The van der Waals surface area contributed by atoms with Gasteiger partial charge in [-0.1, -0.05) is 52.7 Å². The van der Waals surface area contributed by atoms with E-state index in [4.69, 9.17) is 23.2 Å². The predicted molar refractivity (Wildman–Crippen MR) is 115 cm³/mol. The summed E-state index contributed by atoms with van der Waals surface area (Å²) in [5.74, 6) is -0.355. The zero-order chi connectivity index (χ0) is 20.5. The fraction of sp³-hybridized carbons (Fsp3) is 0.200. The third-order valence-electron chi connectivity index (χ3n) is 4.72. The van der Waals surface area contributed by atoms with Crippen LogP contribution in [0, 0.1) is 6.92 Å². The van der Waals surface area contributed by atoms with Crippen molar-refractivity contribution in [3.63, 3.8) is 0 Å². The first-order chi connectivity index (χ1) is 13.9. The van der Waals surface area contributed by atoms with Gasteiger partial charge in [0.2, 0.25) is 11.0 Å². The van der Waals surface area contributed by atoms with E-state index in [0.29, 0.717) is 33.7 Å². The lowest BCUT2D eigenvalue weighted by Gasteiger charge is -2.18. The normalized spacial score (nSPS) is 16.3. The lowest BCUT2D eigenvalue weighted by Crippen LogP contribution is -2.25. The number of rotatable bonds is 4. The van der Waals surface area contributed by atoms with Gasteiger partial charge in [0.1, 0.15) is 5.01 Å². The van der Waals surface area contributed by atoms with Crippen molar-refractivity contribution in [2.45, 2.75) is 19.3 Å². The van der Waals surface area contributed by atoms with Crippen molar-refractivity contribution in [2.75, 3.05) is 16.8 Å². The molecule has 2 heterocycles. The number of anilines is 2. The van der Waals surface area contributed by atoms with E-state index in [-0.39, 0.29) is 17.7 Å². The molecule has 1 fully saturated rings. The first-order valence-corrected chi connectivity index (χ1v) is 10.5. The van der Waals surface area contributed by atoms with Gasteiger partial charge in [0.05, 0.1) is 10.0 Å². The lowest BCUT2D eigenvalue weighted by atomic mass is 10.1. The molecule has 3 aromatic rings. The number of benzene rings is 2. The van der Waals surface area contributed by atoms with E-state index in [9.17, 15) is 9.59 Å². The van der Waals surface area contributed by atoms with E-state index in [2.05, 4.69) is 15.5 Å². The first-order valence-electron chi connectivity index (χ1n) is 8.88. The molecule has 0 saturated carbocycles. The molecule has 0 radical (unpaired) electrons. The number of nitrogens with one attached hydrogen (secondary N) is 1. The van der Waals surface area contributed by atoms with Gasteiger partial charge in [-0.05, 0) is 36.8 Å². The zero-order valence-electron chi connectivity index (χ0n) is 15.4. The molecular formula is C20H16Cl2N4O2S. The maximum atomic E-state index is 12.5. The molecule has 1 unspecified atom stereocenters. The van der Waals surface area contributed by atoms with Gasteiger partial charge < -0.3 is 4.90 Å². The highest BCUT2D eigenvalue weighted by molar-refractivity contribution is 7.15. The molecule has 0 aliphatic carbocycles. The summed E-state index contributed by atoms with van der Waals surface area (Å²) < 4.78 is 0. The quantitative estimate of drug-likeness (QED) is 0.616. The zero-order valence-corrected chi connectivity index (χ0v) is 17.7. The number of carbonyl (C=O) groups is 2. The number of halogens is 2. The molecule has 2 aromatic carbocycles. The van der Waals surface area contributed by atoms with Gasteiger partial charge in [0.25, 0.3) is 5.91 Å². The Labute approximate surface area is 181 Å². The van der Waals surface area contributed by atoms with Crippen LogP contribution in [0.3, 0.4) is 0 Å². The molecule has 29 heavy (non-hydrogen) atoms. The van der Waals surface area contributed by atoms with Crippen molar-refractivity contribution < 1.29 is 9.59 Å². The third-order valence-corrected chi connectivity index (χ3v) is 6.46. The molecule has 0 spiro atoms. The van der Waals surface area contributed by atoms with Crippen LogP contribution in [-0.2, 0) is 4.79 Å². The standard InChI is InChI=1S/C20H16Cl2N4O2S/c1-11-4-2-3-5-16(11)26-10-13(9-17(26)27)19-24-25-20(29-19)23-18(28)12-6-7-14(21)15(22)8-12/h2-8,13H,9-10H2,1H3,(H,23,25,28). The predicted octanol–water partition coefficient (Wildman–Crippen LogP) is 4.93. The van der Waals surface area contributed by atoms with Crippen molar-refractivity contribution >= 4 is 57.2 Å². The highest BCUT2D eigenvalue weighted by atomic mass is 35.5. The summed E-state index contributed by atoms with van der Waals surface area (Å²) in [7, 11) is 0. The maximum Gasteiger partial charge on any atom is 0.257 e. The van der Waals surface area contributed by atoms with Gasteiger partial charge in [0, 0.05) is 30.1 Å². The van der Waals surface area contributed by atoms with Crippen LogP contribution in [0.4, 0.5) is 10.8 Å². The van der Waals surface area contributed by atoms with E-state index < -0.39 is 0 Å². The fourth-order valence-corrected chi connectivity index (χ4v) is 4.36. The summed E-state index contributed by atoms with van der Waals surface area (Å²) >= 11 is 13.1. The number of hydrogen-bond donors (Lipinski definition) is 1. The van der Waals surface area contributed by atoms with Gasteiger partial charge in [-0.25, -0.2) is 0 Å². The van der Waals surface area contributed by atoms with E-state index in [1.165, 1.54) is 17.4 Å². The van der Waals surface area contributed by atoms with Crippen LogP contribution in [0.15, 0.2) is 42.5 Å². The number of aryl methyl sites for hydroxylation is 1. The monoisotopic (exact) mass is 446 g/mol. The third kappa shape index (κ3) is 4.12. The Morgan fingerprint density at radius 3 is 2.72 bits per heavy atom. The molecule has 9 heteroatoms. The lowest BCUT2D eigenvalue weighted by molar-refractivity contribution is -0.117. The average Bonchev–Trinajstić information content (AvgIpc) is 3.31. The van der Waals surface area contributed by atoms with Crippen LogP contribution in [0.2, 0.25) is 10.0 Å². The minimum absolute atomic E-state index is 0.0564. The van der Waals surface area contributed by atoms with E-state index in [0.717, 1.165) is 16.3 Å². The summed E-state index contributed by atoms with van der Waals surface area (Å²) in [4.78, 5) is 26.7. The molecule has 1 aliphatic heterocycles. The van der Waals surface area contributed by atoms with E-state index in [1.54, 1.807) is 17.0 Å². The Hall–Kier alpha value is -2.48. The molecule has 1 aliphatic rings. The highest BCUT2D eigenvalue weighted by Gasteiger charge is 2.34. The molecule has 4 rings (SSSR count). The molecule has 0 bridgehead atoms. The van der Waals surface area contributed by atoms with Crippen LogP contribution >= 0.6 is 34.5 Å². The van der Waals surface area contributed by atoms with Crippen LogP contribution in [0.5, 0.6) is 0 Å². The SMILES string of the molecule is Cc1ccccc1N1CC(c2nnc(NC(=O)c3ccc(Cl)c(Cl)c3)s2)CC1=O. The summed E-state index contributed by atoms with van der Waals surface area (Å²) in [6, 6.07) is 12.4. The summed E-state index contributed by atoms with van der Waals surface area (Å²) in [5, 5.41) is 12.7. The summed E-state index contributed by atoms with van der Waals surface area (Å²) in [6.45, 7) is 2.52. The molecule has 148 valence electrons. The molecule has 6 nitrogen and oxygen atoms in total. The van der Waals surface area contributed by atoms with Gasteiger partial charge in [0.15, 0.2) is 0 Å². The molecular weight excluding hydrogens is 431 g/mol. The smallest absolute Gasteiger partial charge is 0.257 e. The average molecular weight is 447 g/mol. The number of nitrogens with zero attached hydrogens (tertiary/aromatic N) is 3. The van der Waals surface area contributed by atoms with Crippen molar-refractivity contribution in [1.82, 2.24) is 10.2 Å². The Morgan fingerprint density at radius 2 is 1.97 bits per heavy atom. The van der Waals surface area contributed by atoms with Gasteiger partial charge in [-0.15, -0.1) is 10.2 Å². The largest absolute Gasteiger partial charge is 0.311 e. The molecule has 1 saturated heterocycles. The van der Waals surface area contributed by atoms with Crippen molar-refractivity contribution in [2.24, 2.45) is 0 Å². The molecule has 2 amide bonds.